The van der Waals surface area contributed by atoms with Crippen molar-refractivity contribution >= 4 is 33.5 Å². The molecule has 0 spiro atoms. The van der Waals surface area contributed by atoms with Crippen LogP contribution in [0, 0.1) is 0 Å². The Labute approximate surface area is 154 Å². The maximum absolute atomic E-state index is 12.5. The molecule has 0 fully saturated rings. The lowest BCUT2D eigenvalue weighted by molar-refractivity contribution is 0.0935. The fourth-order valence-corrected chi connectivity index (χ4v) is 2.71. The van der Waals surface area contributed by atoms with Crippen molar-refractivity contribution in [1.82, 2.24) is 15.3 Å². The molecule has 1 amide bonds. The van der Waals surface area contributed by atoms with E-state index < -0.39 is 0 Å². The molecule has 6 heteroatoms. The quantitative estimate of drug-likeness (QED) is 0.667. The van der Waals surface area contributed by atoms with Crippen LogP contribution in [0.1, 0.15) is 29.0 Å². The Balaban J connectivity index is 1.72. The van der Waals surface area contributed by atoms with Crippen molar-refractivity contribution in [3.8, 4) is 0 Å². The van der Waals surface area contributed by atoms with Crippen LogP contribution in [0.15, 0.2) is 71.3 Å². The summed E-state index contributed by atoms with van der Waals surface area (Å²) in [6, 6.07) is 18.9. The van der Waals surface area contributed by atoms with Gasteiger partial charge in [-0.2, -0.15) is 0 Å². The molecule has 5 nitrogen and oxygen atoms in total. The van der Waals surface area contributed by atoms with Gasteiger partial charge in [0.2, 0.25) is 5.95 Å². The molecule has 0 bridgehead atoms. The minimum Gasteiger partial charge on any atom is -0.344 e. The van der Waals surface area contributed by atoms with E-state index in [-0.39, 0.29) is 11.9 Å². The molecule has 1 aromatic heterocycles. The van der Waals surface area contributed by atoms with Crippen LogP contribution in [-0.4, -0.2) is 15.9 Å². The molecule has 1 atom stereocenters. The van der Waals surface area contributed by atoms with E-state index in [1.54, 1.807) is 12.3 Å². The monoisotopic (exact) mass is 396 g/mol. The van der Waals surface area contributed by atoms with Gasteiger partial charge in [0.05, 0.1) is 11.7 Å². The Bertz CT molecular complexity index is 870. The molecular formula is C19H17BrN4O. The fourth-order valence-electron chi connectivity index (χ4n) is 2.32. The van der Waals surface area contributed by atoms with Crippen LogP contribution in [-0.2, 0) is 0 Å². The molecule has 0 radical (unpaired) electrons. The number of carbonyl (C=O) groups excluding carboxylic acids is 1. The number of nitrogens with one attached hydrogen (secondary N) is 2. The van der Waals surface area contributed by atoms with Gasteiger partial charge in [0, 0.05) is 10.7 Å². The van der Waals surface area contributed by atoms with Gasteiger partial charge in [0.1, 0.15) is 5.69 Å². The Morgan fingerprint density at radius 3 is 2.52 bits per heavy atom. The Morgan fingerprint density at radius 1 is 1.04 bits per heavy atom. The highest BCUT2D eigenvalue weighted by Gasteiger charge is 2.13. The molecule has 0 saturated carbocycles. The summed E-state index contributed by atoms with van der Waals surface area (Å²) in [7, 11) is 0. The first-order valence-corrected chi connectivity index (χ1v) is 8.63. The van der Waals surface area contributed by atoms with Gasteiger partial charge in [-0.15, -0.1) is 0 Å². The lowest BCUT2D eigenvalue weighted by atomic mass is 10.1. The van der Waals surface area contributed by atoms with Crippen LogP contribution in [0.2, 0.25) is 0 Å². The number of amides is 1. The average Bonchev–Trinajstić information content (AvgIpc) is 2.64. The molecule has 3 aromatic rings. The van der Waals surface area contributed by atoms with E-state index in [1.807, 2.05) is 61.5 Å². The molecule has 2 N–H and O–H groups in total. The predicted octanol–water partition coefficient (Wildman–Crippen LogP) is 4.47. The largest absolute Gasteiger partial charge is 0.344 e. The number of hydrogen-bond acceptors (Lipinski definition) is 4. The van der Waals surface area contributed by atoms with Crippen LogP contribution in [0.3, 0.4) is 0 Å². The number of aromatic nitrogens is 2. The molecule has 3 rings (SSSR count). The second-order valence-electron chi connectivity index (χ2n) is 5.48. The molecule has 1 heterocycles. The number of nitrogens with zero attached hydrogens (tertiary/aromatic N) is 2. The van der Waals surface area contributed by atoms with Gasteiger partial charge in [-0.3, -0.25) is 4.79 Å². The van der Waals surface area contributed by atoms with Crippen LogP contribution >= 0.6 is 15.9 Å². The number of rotatable bonds is 5. The Kier molecular flexibility index (Phi) is 5.40. The molecule has 0 aliphatic heterocycles. The van der Waals surface area contributed by atoms with E-state index in [1.165, 1.54) is 0 Å². The van der Waals surface area contributed by atoms with Crippen LogP contribution in [0.4, 0.5) is 11.6 Å². The van der Waals surface area contributed by atoms with Gasteiger partial charge in [-0.25, -0.2) is 9.97 Å². The lowest BCUT2D eigenvalue weighted by Gasteiger charge is -2.14. The van der Waals surface area contributed by atoms with E-state index in [2.05, 4.69) is 36.5 Å². The standard InChI is InChI=1S/C19H17BrN4O/c1-13(14-7-3-2-4-8-14)22-18(25)17-11-12-21-19(24-17)23-16-10-6-5-9-15(16)20/h2-13H,1H3,(H,22,25)(H,21,23,24). The van der Waals surface area contributed by atoms with Gasteiger partial charge in [0.15, 0.2) is 0 Å². The molecule has 0 saturated heterocycles. The Morgan fingerprint density at radius 2 is 1.76 bits per heavy atom. The first-order valence-electron chi connectivity index (χ1n) is 7.84. The van der Waals surface area contributed by atoms with E-state index in [0.29, 0.717) is 11.6 Å². The first-order chi connectivity index (χ1) is 12.1. The van der Waals surface area contributed by atoms with E-state index in [4.69, 9.17) is 0 Å². The second kappa shape index (κ2) is 7.90. The SMILES string of the molecule is CC(NC(=O)c1ccnc(Nc2ccccc2Br)n1)c1ccccc1. The van der Waals surface area contributed by atoms with Crippen LogP contribution in [0.25, 0.3) is 0 Å². The zero-order valence-corrected chi connectivity index (χ0v) is 15.2. The van der Waals surface area contributed by atoms with E-state index in [0.717, 1.165) is 15.7 Å². The number of benzene rings is 2. The van der Waals surface area contributed by atoms with E-state index >= 15 is 0 Å². The minimum absolute atomic E-state index is 0.108. The Hall–Kier alpha value is -2.73. The summed E-state index contributed by atoms with van der Waals surface area (Å²) in [6.07, 6.45) is 1.56. The first kappa shape index (κ1) is 17.1. The zero-order valence-electron chi connectivity index (χ0n) is 13.6. The van der Waals surface area contributed by atoms with Gasteiger partial charge in [-0.05, 0) is 46.6 Å². The summed E-state index contributed by atoms with van der Waals surface area (Å²) in [5.74, 6) is 0.126. The number of anilines is 2. The molecule has 126 valence electrons. The molecule has 25 heavy (non-hydrogen) atoms. The summed E-state index contributed by atoms with van der Waals surface area (Å²) in [4.78, 5) is 20.9. The number of halogens is 1. The molecule has 1 unspecified atom stereocenters. The highest BCUT2D eigenvalue weighted by atomic mass is 79.9. The fraction of sp³-hybridized carbons (Fsp3) is 0.105. The average molecular weight is 397 g/mol. The van der Waals surface area contributed by atoms with Crippen LogP contribution < -0.4 is 10.6 Å². The molecule has 2 aromatic carbocycles. The topological polar surface area (TPSA) is 66.9 Å². The van der Waals surface area contributed by atoms with Gasteiger partial charge in [0.25, 0.3) is 5.91 Å². The predicted molar refractivity (Wildman–Crippen MR) is 102 cm³/mol. The van der Waals surface area contributed by atoms with Crippen molar-refractivity contribution in [3.63, 3.8) is 0 Å². The summed E-state index contributed by atoms with van der Waals surface area (Å²) < 4.78 is 0.895. The smallest absolute Gasteiger partial charge is 0.270 e. The third-order valence-corrected chi connectivity index (χ3v) is 4.35. The minimum atomic E-state index is -0.242. The summed E-state index contributed by atoms with van der Waals surface area (Å²) in [6.45, 7) is 1.94. The maximum atomic E-state index is 12.5. The third kappa shape index (κ3) is 4.42. The third-order valence-electron chi connectivity index (χ3n) is 3.66. The molecule has 0 aliphatic rings. The van der Waals surface area contributed by atoms with Crippen molar-refractivity contribution in [2.45, 2.75) is 13.0 Å². The maximum Gasteiger partial charge on any atom is 0.270 e. The van der Waals surface area contributed by atoms with Crippen molar-refractivity contribution in [3.05, 3.63) is 82.6 Å². The van der Waals surface area contributed by atoms with Gasteiger partial charge >= 0.3 is 0 Å². The number of para-hydroxylation sites is 1. The number of hydrogen-bond donors (Lipinski definition) is 2. The summed E-state index contributed by atoms with van der Waals surface area (Å²) >= 11 is 3.46. The normalized spacial score (nSPS) is 11.6. The zero-order chi connectivity index (χ0) is 17.6. The van der Waals surface area contributed by atoms with Gasteiger partial charge < -0.3 is 10.6 Å². The summed E-state index contributed by atoms with van der Waals surface area (Å²) in [5.41, 5.74) is 2.18. The van der Waals surface area contributed by atoms with Crippen molar-refractivity contribution in [1.29, 1.82) is 0 Å². The highest BCUT2D eigenvalue weighted by Crippen LogP contribution is 2.23. The second-order valence-corrected chi connectivity index (χ2v) is 6.33. The van der Waals surface area contributed by atoms with Crippen molar-refractivity contribution in [2.24, 2.45) is 0 Å². The van der Waals surface area contributed by atoms with Crippen molar-refractivity contribution < 1.29 is 4.79 Å². The van der Waals surface area contributed by atoms with E-state index in [9.17, 15) is 4.79 Å². The van der Waals surface area contributed by atoms with Gasteiger partial charge in [-0.1, -0.05) is 42.5 Å². The van der Waals surface area contributed by atoms with Crippen molar-refractivity contribution in [2.75, 3.05) is 5.32 Å². The van der Waals surface area contributed by atoms with Crippen LogP contribution in [0.5, 0.6) is 0 Å². The highest BCUT2D eigenvalue weighted by molar-refractivity contribution is 9.10. The molecule has 0 aliphatic carbocycles. The summed E-state index contributed by atoms with van der Waals surface area (Å²) in [5, 5.41) is 6.05. The lowest BCUT2D eigenvalue weighted by Crippen LogP contribution is -2.27. The number of carbonyl (C=O) groups is 1. The molecular weight excluding hydrogens is 380 g/mol.